The molecule has 1 saturated heterocycles. The van der Waals surface area contributed by atoms with Crippen LogP contribution in [0.5, 0.6) is 0 Å². The Labute approximate surface area is 415 Å². The molecule has 1 aliphatic rings. The SMILES string of the molecule is Cc1ncn[nH]1.O=CO[O-].[C-]#[N+]c1ccc(CC(=O)[C@@](C)(O)Cn2cnc(C(F)(F)F)n2)cc1C(F)(F)F.[C-]#[N+]c1ccc(CC(=O)[C@]2(C)CO2)cc1C(F)(F)F.[H-].[K+].[K+]. The molecule has 2 atom stereocenters. The van der Waals surface area contributed by atoms with E-state index in [1.54, 1.807) is 6.92 Å². The zero-order chi connectivity index (χ0) is 43.4. The van der Waals surface area contributed by atoms with Crippen molar-refractivity contribution >= 4 is 29.4 Å². The van der Waals surface area contributed by atoms with Crippen LogP contribution in [-0.2, 0) is 61.9 Å². The fraction of sp³-hybridized carbons (Fsp3) is 0.364. The number of aryl methyl sites for hydroxylation is 1. The number of hydrogen-bond acceptors (Lipinski definition) is 11. The van der Waals surface area contributed by atoms with Crippen LogP contribution in [-0.4, -0.2) is 70.9 Å². The minimum Gasteiger partial charge on any atom is -1.00 e. The number of aliphatic hydroxyl groups is 1. The van der Waals surface area contributed by atoms with Crippen LogP contribution in [0.2, 0.25) is 0 Å². The number of carbonyl (C=O) groups excluding carboxylic acids is 3. The third-order valence-electron chi connectivity index (χ3n) is 7.31. The average molecular weight is 899 g/mol. The number of nitrogens with zero attached hydrogens (tertiary/aromatic N) is 7. The van der Waals surface area contributed by atoms with Crippen molar-refractivity contribution in [3.8, 4) is 0 Å². The number of alkyl halides is 9. The molecule has 59 heavy (non-hydrogen) atoms. The van der Waals surface area contributed by atoms with Crippen LogP contribution in [0.3, 0.4) is 0 Å². The zero-order valence-corrected chi connectivity index (χ0v) is 37.7. The third kappa shape index (κ3) is 18.3. The maximum atomic E-state index is 13.0. The first-order valence-electron chi connectivity index (χ1n) is 15.4. The van der Waals surface area contributed by atoms with Gasteiger partial charge in [0.05, 0.1) is 37.4 Å². The summed E-state index contributed by atoms with van der Waals surface area (Å²) in [4.78, 5) is 47.7. The Morgan fingerprint density at radius 1 is 0.966 bits per heavy atom. The number of epoxide rings is 1. The van der Waals surface area contributed by atoms with E-state index < -0.39 is 76.8 Å². The number of H-pyrrole nitrogens is 1. The average Bonchev–Trinajstić information content (AvgIpc) is 3.44. The third-order valence-corrected chi connectivity index (χ3v) is 7.31. The van der Waals surface area contributed by atoms with Gasteiger partial charge in [-0.2, -0.15) is 44.6 Å². The molecule has 0 aliphatic carbocycles. The van der Waals surface area contributed by atoms with Crippen LogP contribution in [0.4, 0.5) is 50.9 Å². The van der Waals surface area contributed by atoms with Crippen molar-refractivity contribution in [3.63, 3.8) is 0 Å². The van der Waals surface area contributed by atoms with Gasteiger partial charge < -0.3 is 21.4 Å². The van der Waals surface area contributed by atoms with E-state index in [2.05, 4.69) is 39.8 Å². The number of ketones is 2. The van der Waals surface area contributed by atoms with E-state index in [-0.39, 0.29) is 134 Å². The van der Waals surface area contributed by atoms with E-state index in [0.717, 1.165) is 37.0 Å². The van der Waals surface area contributed by atoms with Gasteiger partial charge in [0.1, 0.15) is 29.7 Å². The number of ether oxygens (including phenoxy) is 1. The van der Waals surface area contributed by atoms with Crippen LogP contribution in [0, 0.1) is 20.1 Å². The van der Waals surface area contributed by atoms with Crippen molar-refractivity contribution < 1.29 is 178 Å². The molecule has 15 nitrogen and oxygen atoms in total. The van der Waals surface area contributed by atoms with E-state index in [4.69, 9.17) is 27.9 Å². The maximum absolute atomic E-state index is 13.0. The number of nitrogens with one attached hydrogen (secondary N) is 1. The fourth-order valence-electron chi connectivity index (χ4n) is 4.22. The molecule has 0 unspecified atom stereocenters. The molecule has 4 aromatic rings. The Morgan fingerprint density at radius 3 is 1.76 bits per heavy atom. The second-order valence-electron chi connectivity index (χ2n) is 11.9. The number of Topliss-reactive ketones (excluding diaryl/α,β-unsaturated/α-hetero) is 2. The summed E-state index contributed by atoms with van der Waals surface area (Å²) in [5.74, 6) is -1.80. The summed E-state index contributed by atoms with van der Waals surface area (Å²) in [7, 11) is 0. The van der Waals surface area contributed by atoms with Crippen LogP contribution in [0.25, 0.3) is 9.69 Å². The van der Waals surface area contributed by atoms with Crippen molar-refractivity contribution in [2.24, 2.45) is 0 Å². The Hall–Kier alpha value is -2.97. The van der Waals surface area contributed by atoms with E-state index in [1.165, 1.54) is 12.4 Å². The van der Waals surface area contributed by atoms with Gasteiger partial charge in [-0.3, -0.25) is 19.5 Å². The number of halogens is 9. The summed E-state index contributed by atoms with van der Waals surface area (Å²) in [5.41, 5.74) is -6.27. The minimum atomic E-state index is -4.81. The standard InChI is InChI=1S/C16H12F6N4O2.C13H10F3NO2.C3H5N3.CH2O3.2K.H/c1-14(28,7-26-8-24-13(25-26)16(20,21)22)12(27)6-9-3-4-11(23-2)10(5-9)15(17,18)19;1-12(7-19-12)11(18)6-8-3-4-10(17-2)9(5-8)13(14,15)16;1-3-4-2-5-6-3;2-1-4-3;;;/h3-5,8,28H,6-7H2,1H3;3-5H,6-7H2,1H3;2H,1H3,(H,4,5,6);1,3H;;;/q;;;;2*+1;-1/p-1/t14-;12-;;;;;/m00...../s1. The van der Waals surface area contributed by atoms with E-state index >= 15 is 0 Å². The fourth-order valence-corrected chi connectivity index (χ4v) is 4.22. The van der Waals surface area contributed by atoms with Gasteiger partial charge >= 0.3 is 121 Å². The number of rotatable bonds is 9. The van der Waals surface area contributed by atoms with Crippen molar-refractivity contribution in [3.05, 3.63) is 106 Å². The molecule has 1 aliphatic heterocycles. The van der Waals surface area contributed by atoms with Gasteiger partial charge in [-0.15, -0.1) is 5.10 Å². The summed E-state index contributed by atoms with van der Waals surface area (Å²) >= 11 is 0. The minimum absolute atomic E-state index is 0. The normalized spacial score (nSPS) is 15.1. The second kappa shape index (κ2) is 23.9. The zero-order valence-electron chi connectivity index (χ0n) is 32.5. The van der Waals surface area contributed by atoms with Gasteiger partial charge in [-0.1, -0.05) is 36.4 Å². The molecule has 0 amide bonds. The van der Waals surface area contributed by atoms with Crippen LogP contribution >= 0.6 is 0 Å². The maximum Gasteiger partial charge on any atom is 1.00 e. The summed E-state index contributed by atoms with van der Waals surface area (Å²) in [5, 5.41) is 28.0. The number of carbonyl (C=O) groups is 3. The molecule has 3 heterocycles. The van der Waals surface area contributed by atoms with Gasteiger partial charge in [0.25, 0.3) is 12.3 Å². The van der Waals surface area contributed by atoms with Gasteiger partial charge in [-0.05, 0) is 31.9 Å². The summed E-state index contributed by atoms with van der Waals surface area (Å²) in [6, 6.07) is 5.98. The molecule has 0 radical (unpaired) electrons. The molecule has 5 rings (SSSR count). The summed E-state index contributed by atoms with van der Waals surface area (Å²) < 4.78 is 120. The van der Waals surface area contributed by atoms with E-state index in [0.29, 0.717) is 23.7 Å². The molecular formula is C33H29F9K2N8O7. The van der Waals surface area contributed by atoms with Crippen molar-refractivity contribution in [1.29, 1.82) is 0 Å². The number of aromatic nitrogens is 6. The Morgan fingerprint density at radius 2 is 1.44 bits per heavy atom. The van der Waals surface area contributed by atoms with Gasteiger partial charge in [-0.25, -0.2) is 24.3 Å². The monoisotopic (exact) mass is 898 g/mol. The molecule has 0 spiro atoms. The predicted octanol–water partition coefficient (Wildman–Crippen LogP) is -0.746. The Bertz CT molecular complexity index is 2100. The van der Waals surface area contributed by atoms with Crippen molar-refractivity contribution in [1.82, 2.24) is 29.9 Å². The van der Waals surface area contributed by atoms with Gasteiger partial charge in [0.15, 0.2) is 22.9 Å². The quantitative estimate of drug-likeness (QED) is 0.0408. The smallest absolute Gasteiger partial charge is 1.00 e. The molecule has 1 fully saturated rings. The summed E-state index contributed by atoms with van der Waals surface area (Å²) in [6.45, 7) is 17.4. The molecule has 2 aromatic heterocycles. The molecule has 2 aromatic carbocycles. The molecule has 0 bridgehead atoms. The molecule has 26 heteroatoms. The first kappa shape index (κ1) is 56.0. The number of aromatic amines is 1. The molecule has 2 N–H and O–H groups in total. The first-order valence-corrected chi connectivity index (χ1v) is 15.4. The van der Waals surface area contributed by atoms with E-state index in [9.17, 15) is 54.2 Å². The van der Waals surface area contributed by atoms with Crippen molar-refractivity contribution in [2.75, 3.05) is 6.61 Å². The number of hydrogen-bond donors (Lipinski definition) is 2. The van der Waals surface area contributed by atoms with Gasteiger partial charge in [0.2, 0.25) is 0 Å². The van der Waals surface area contributed by atoms with E-state index in [1.807, 2.05) is 6.92 Å². The number of benzene rings is 2. The Kier molecular flexibility index (Phi) is 22.7. The summed E-state index contributed by atoms with van der Waals surface area (Å²) in [6.07, 6.45) is -12.8. The Balaban J connectivity index is 0. The topological polar surface area (TPSA) is 197 Å². The van der Waals surface area contributed by atoms with Crippen LogP contribution in [0.15, 0.2) is 49.1 Å². The van der Waals surface area contributed by atoms with Crippen LogP contribution in [0.1, 0.15) is 49.2 Å². The van der Waals surface area contributed by atoms with Crippen LogP contribution < -0.4 is 108 Å². The van der Waals surface area contributed by atoms with Gasteiger partial charge in [0, 0.05) is 12.8 Å². The largest absolute Gasteiger partial charge is 1.00 e. The van der Waals surface area contributed by atoms with Crippen molar-refractivity contribution in [2.45, 2.75) is 69.9 Å². The molecule has 308 valence electrons. The molecule has 0 saturated carbocycles. The first-order chi connectivity index (χ1) is 26.3. The second-order valence-corrected chi connectivity index (χ2v) is 11.9. The molecular weight excluding hydrogens is 870 g/mol. The predicted molar refractivity (Wildman–Crippen MR) is 172 cm³/mol.